The number of piperidine rings is 1. The Labute approximate surface area is 156 Å². The van der Waals surface area contributed by atoms with Gasteiger partial charge in [-0.05, 0) is 48.2 Å². The highest BCUT2D eigenvalue weighted by molar-refractivity contribution is 5.87. The average Bonchev–Trinajstić information content (AvgIpc) is 2.58. The lowest BCUT2D eigenvalue weighted by Gasteiger charge is -2.48. The molecule has 0 spiro atoms. The number of halogens is 1. The Morgan fingerprint density at radius 3 is 2.58 bits per heavy atom. The largest absolute Gasteiger partial charge is 0.344 e. The van der Waals surface area contributed by atoms with Crippen LogP contribution in [0.5, 0.6) is 0 Å². The second-order valence-electron chi connectivity index (χ2n) is 8.63. The van der Waals surface area contributed by atoms with Crippen LogP contribution in [0.3, 0.4) is 0 Å². The average molecular weight is 365 g/mol. The summed E-state index contributed by atoms with van der Waals surface area (Å²) in [5, 5.41) is 2.88. The van der Waals surface area contributed by atoms with Crippen LogP contribution in [0.2, 0.25) is 0 Å². The minimum Gasteiger partial charge on any atom is -0.344 e. The Balaban J connectivity index is 2.06. The van der Waals surface area contributed by atoms with Crippen molar-refractivity contribution in [3.8, 4) is 0 Å². The summed E-state index contributed by atoms with van der Waals surface area (Å²) in [6.45, 7) is 11.4. The number of allylic oxidation sites excluding steroid dienone is 4. The van der Waals surface area contributed by atoms with E-state index in [2.05, 4.69) is 19.2 Å². The summed E-state index contributed by atoms with van der Waals surface area (Å²) in [6, 6.07) is -0.471. The molecule has 0 radical (unpaired) electrons. The Hall–Kier alpha value is -1.65. The molecule has 1 aliphatic heterocycles. The second kappa shape index (κ2) is 8.36. The molecule has 2 aliphatic rings. The number of carbonyl (C=O) groups excluding carboxylic acids is 2. The first kappa shape index (κ1) is 20.7. The summed E-state index contributed by atoms with van der Waals surface area (Å²) in [5.41, 5.74) is -0.0547. The maximum atomic E-state index is 13.3. The van der Waals surface area contributed by atoms with Gasteiger partial charge in [0, 0.05) is 19.5 Å². The van der Waals surface area contributed by atoms with E-state index in [9.17, 15) is 14.0 Å². The Morgan fingerprint density at radius 1 is 1.38 bits per heavy atom. The summed E-state index contributed by atoms with van der Waals surface area (Å²) in [5.74, 6) is 0.550. The molecule has 3 atom stereocenters. The van der Waals surface area contributed by atoms with Crippen LogP contribution in [0.4, 0.5) is 4.39 Å². The number of hydrogen-bond acceptors (Lipinski definition) is 2. The van der Waals surface area contributed by atoms with E-state index in [1.54, 1.807) is 19.1 Å². The van der Waals surface area contributed by atoms with Crippen LogP contribution in [-0.4, -0.2) is 35.8 Å². The van der Waals surface area contributed by atoms with Crippen LogP contribution < -0.4 is 5.32 Å². The topological polar surface area (TPSA) is 49.4 Å². The fourth-order valence-corrected chi connectivity index (χ4v) is 4.25. The highest BCUT2D eigenvalue weighted by atomic mass is 19.1. The Bertz CT molecular complexity index is 595. The zero-order valence-corrected chi connectivity index (χ0v) is 16.7. The molecule has 0 bridgehead atoms. The van der Waals surface area contributed by atoms with Crippen molar-refractivity contribution in [2.24, 2.45) is 23.2 Å². The van der Waals surface area contributed by atoms with Crippen molar-refractivity contribution in [3.05, 3.63) is 24.1 Å². The predicted molar refractivity (Wildman–Crippen MR) is 102 cm³/mol. The number of carbonyl (C=O) groups is 2. The molecule has 2 unspecified atom stereocenters. The molecular formula is C21H33FN2O2. The van der Waals surface area contributed by atoms with Gasteiger partial charge in [-0.3, -0.25) is 9.59 Å². The van der Waals surface area contributed by atoms with Crippen LogP contribution in [-0.2, 0) is 9.59 Å². The minimum absolute atomic E-state index is 0.0125. The molecule has 1 aliphatic carbocycles. The molecule has 26 heavy (non-hydrogen) atoms. The van der Waals surface area contributed by atoms with E-state index in [4.69, 9.17) is 0 Å². The van der Waals surface area contributed by atoms with Crippen molar-refractivity contribution < 1.29 is 14.0 Å². The Morgan fingerprint density at radius 2 is 2.08 bits per heavy atom. The van der Waals surface area contributed by atoms with Crippen molar-refractivity contribution in [1.29, 1.82) is 0 Å². The van der Waals surface area contributed by atoms with Gasteiger partial charge in [0.15, 0.2) is 0 Å². The molecule has 5 heteroatoms. The Kier molecular flexibility index (Phi) is 6.64. The maximum Gasteiger partial charge on any atom is 0.245 e. The molecule has 1 heterocycles. The maximum absolute atomic E-state index is 13.3. The summed E-state index contributed by atoms with van der Waals surface area (Å²) in [6.07, 6.45) is 7.21. The first-order valence-electron chi connectivity index (χ1n) is 9.77. The number of nitrogens with zero attached hydrogens (tertiary/aromatic N) is 1. The van der Waals surface area contributed by atoms with Crippen molar-refractivity contribution in [2.45, 2.75) is 59.9 Å². The molecular weight excluding hydrogens is 331 g/mol. The first-order valence-corrected chi connectivity index (χ1v) is 9.77. The zero-order chi connectivity index (χ0) is 19.5. The summed E-state index contributed by atoms with van der Waals surface area (Å²) >= 11 is 0. The van der Waals surface area contributed by atoms with E-state index in [1.165, 1.54) is 0 Å². The van der Waals surface area contributed by atoms with Gasteiger partial charge < -0.3 is 10.2 Å². The minimum atomic E-state index is -0.471. The molecule has 0 aromatic carbocycles. The fraction of sp³-hybridized carbons (Fsp3) is 0.714. The fourth-order valence-electron chi connectivity index (χ4n) is 4.25. The van der Waals surface area contributed by atoms with Crippen LogP contribution in [0, 0.1) is 23.2 Å². The molecule has 2 rings (SSSR count). The molecule has 1 saturated heterocycles. The number of nitrogens with one attached hydrogen (secondary N) is 1. The van der Waals surface area contributed by atoms with Crippen LogP contribution in [0.25, 0.3) is 0 Å². The lowest BCUT2D eigenvalue weighted by atomic mass is 9.66. The lowest BCUT2D eigenvalue weighted by molar-refractivity contribution is -0.142. The molecule has 4 nitrogen and oxygen atoms in total. The molecule has 1 fully saturated rings. The van der Waals surface area contributed by atoms with Gasteiger partial charge in [-0.1, -0.05) is 40.7 Å². The number of hydrogen-bond donors (Lipinski definition) is 1. The number of rotatable bonds is 5. The highest BCUT2D eigenvalue weighted by Gasteiger charge is 2.42. The van der Waals surface area contributed by atoms with Crippen LogP contribution in [0.1, 0.15) is 53.9 Å². The highest BCUT2D eigenvalue weighted by Crippen LogP contribution is 2.43. The standard InChI is InChI=1S/C21H33FN2O2/c1-6-18(25)23-19(14(2)3)20(26)24-12-11-17(21(4,5)13-24)15-7-9-16(22)10-8-15/h7,9-10,14-15,17,19H,6,8,11-13H2,1-5H3,(H,23,25)/t15?,17?,19-/m1/s1. The van der Waals surface area contributed by atoms with E-state index in [-0.39, 0.29) is 29.0 Å². The van der Waals surface area contributed by atoms with Gasteiger partial charge in [-0.15, -0.1) is 0 Å². The van der Waals surface area contributed by atoms with Gasteiger partial charge in [0.25, 0.3) is 0 Å². The molecule has 0 saturated carbocycles. The van der Waals surface area contributed by atoms with Gasteiger partial charge in [0.2, 0.25) is 11.8 Å². The van der Waals surface area contributed by atoms with Gasteiger partial charge in [-0.25, -0.2) is 4.39 Å². The molecule has 146 valence electrons. The number of likely N-dealkylation sites (tertiary alicyclic amines) is 1. The SMILES string of the molecule is CCC(=O)N[C@@H](C(=O)N1CCC(C2C=CC(F)=CC2)C(C)(C)C1)C(C)C. The zero-order valence-electron chi connectivity index (χ0n) is 16.7. The normalized spacial score (nSPS) is 26.4. The third-order valence-electron chi connectivity index (χ3n) is 5.80. The second-order valence-corrected chi connectivity index (χ2v) is 8.63. The van der Waals surface area contributed by atoms with Crippen LogP contribution in [0.15, 0.2) is 24.1 Å². The van der Waals surface area contributed by atoms with E-state index < -0.39 is 6.04 Å². The van der Waals surface area contributed by atoms with Gasteiger partial charge >= 0.3 is 0 Å². The third-order valence-corrected chi connectivity index (χ3v) is 5.80. The van der Waals surface area contributed by atoms with Crippen molar-refractivity contribution >= 4 is 11.8 Å². The van der Waals surface area contributed by atoms with E-state index >= 15 is 0 Å². The van der Waals surface area contributed by atoms with Gasteiger partial charge in [0.1, 0.15) is 11.9 Å². The van der Waals surface area contributed by atoms with E-state index in [1.807, 2.05) is 24.8 Å². The van der Waals surface area contributed by atoms with E-state index in [0.29, 0.717) is 31.3 Å². The molecule has 1 N–H and O–H groups in total. The third kappa shape index (κ3) is 4.74. The molecule has 2 amide bonds. The summed E-state index contributed by atoms with van der Waals surface area (Å²) in [7, 11) is 0. The molecule has 0 aromatic heterocycles. The summed E-state index contributed by atoms with van der Waals surface area (Å²) < 4.78 is 13.3. The predicted octanol–water partition coefficient (Wildman–Crippen LogP) is 3.84. The van der Waals surface area contributed by atoms with Crippen molar-refractivity contribution in [2.75, 3.05) is 13.1 Å². The smallest absolute Gasteiger partial charge is 0.245 e. The quantitative estimate of drug-likeness (QED) is 0.806. The monoisotopic (exact) mass is 364 g/mol. The van der Waals surface area contributed by atoms with Gasteiger partial charge in [-0.2, -0.15) is 0 Å². The lowest BCUT2D eigenvalue weighted by Crippen LogP contribution is -2.56. The first-order chi connectivity index (χ1) is 12.2. The number of amides is 2. The van der Waals surface area contributed by atoms with Gasteiger partial charge in [0.05, 0.1) is 0 Å². The van der Waals surface area contributed by atoms with Crippen molar-refractivity contribution in [1.82, 2.24) is 10.2 Å². The van der Waals surface area contributed by atoms with Crippen LogP contribution >= 0.6 is 0 Å². The van der Waals surface area contributed by atoms with Crippen molar-refractivity contribution in [3.63, 3.8) is 0 Å². The molecule has 0 aromatic rings. The van der Waals surface area contributed by atoms with E-state index in [0.717, 1.165) is 12.8 Å². The summed E-state index contributed by atoms with van der Waals surface area (Å²) in [4.78, 5) is 26.7.